The summed E-state index contributed by atoms with van der Waals surface area (Å²) in [7, 11) is 0. The molecule has 1 aliphatic rings. The Morgan fingerprint density at radius 2 is 2.31 bits per heavy atom. The number of benzene rings is 1. The van der Waals surface area contributed by atoms with Gasteiger partial charge in [-0.25, -0.2) is 9.97 Å². The summed E-state index contributed by atoms with van der Waals surface area (Å²) >= 11 is 3.00. The molecular weight excluding hydrogens is 366 g/mol. The molecule has 26 heavy (non-hydrogen) atoms. The Morgan fingerprint density at radius 1 is 1.38 bits per heavy atom. The second kappa shape index (κ2) is 6.00. The number of hydrogen-bond donors (Lipinski definition) is 1. The molecule has 1 N–H and O–H groups in total. The van der Waals surface area contributed by atoms with Crippen LogP contribution in [0.5, 0.6) is 0 Å². The lowest BCUT2D eigenvalue weighted by atomic mass is 10.0. The third-order valence-electron chi connectivity index (χ3n) is 4.62. The summed E-state index contributed by atoms with van der Waals surface area (Å²) in [6, 6.07) is 5.97. The summed E-state index contributed by atoms with van der Waals surface area (Å²) in [6.07, 6.45) is 4.10. The fraction of sp³-hybridized carbons (Fsp3) is 0.222. The molecule has 1 aliphatic heterocycles. The maximum absolute atomic E-state index is 13.1. The highest BCUT2D eigenvalue weighted by Crippen LogP contribution is 2.38. The molecule has 8 heteroatoms. The minimum Gasteiger partial charge on any atom is -0.348 e. The summed E-state index contributed by atoms with van der Waals surface area (Å²) in [5.41, 5.74) is 5.83. The predicted molar refractivity (Wildman–Crippen MR) is 102 cm³/mol. The first-order valence-electron chi connectivity index (χ1n) is 8.29. The Labute approximate surface area is 157 Å². The molecule has 0 saturated carbocycles. The van der Waals surface area contributed by atoms with Crippen molar-refractivity contribution in [3.63, 3.8) is 0 Å². The third kappa shape index (κ3) is 2.45. The summed E-state index contributed by atoms with van der Waals surface area (Å²) in [4.78, 5) is 32.2. The average Bonchev–Trinajstić information content (AvgIpc) is 3.38. The Bertz CT molecular complexity index is 1100. The summed E-state index contributed by atoms with van der Waals surface area (Å²) < 4.78 is 1.13. The molecule has 5 rings (SSSR count). The van der Waals surface area contributed by atoms with Gasteiger partial charge in [0, 0.05) is 18.7 Å². The fourth-order valence-electron chi connectivity index (χ4n) is 3.38. The van der Waals surface area contributed by atoms with E-state index >= 15 is 0 Å². The highest BCUT2D eigenvalue weighted by molar-refractivity contribution is 7.18. The van der Waals surface area contributed by atoms with Gasteiger partial charge in [0.1, 0.15) is 15.9 Å². The molecule has 3 aromatic heterocycles. The molecule has 4 aromatic rings. The lowest BCUT2D eigenvalue weighted by Crippen LogP contribution is -2.40. The van der Waals surface area contributed by atoms with Crippen molar-refractivity contribution < 1.29 is 4.79 Å². The number of fused-ring (bicyclic) bond motifs is 2. The Balaban J connectivity index is 1.64. The topological polar surface area (TPSA) is 74.8 Å². The van der Waals surface area contributed by atoms with Crippen LogP contribution >= 0.6 is 22.7 Å². The van der Waals surface area contributed by atoms with Crippen LogP contribution in [-0.4, -0.2) is 37.3 Å². The van der Waals surface area contributed by atoms with E-state index in [0.717, 1.165) is 33.0 Å². The monoisotopic (exact) mass is 381 g/mol. The molecule has 1 aromatic carbocycles. The second-order valence-corrected chi connectivity index (χ2v) is 8.25. The van der Waals surface area contributed by atoms with Gasteiger partial charge in [-0.3, -0.25) is 9.78 Å². The number of rotatable bonds is 2. The average molecular weight is 381 g/mol. The minimum absolute atomic E-state index is 0.0124. The van der Waals surface area contributed by atoms with Crippen LogP contribution in [0.25, 0.3) is 10.2 Å². The number of imidazole rings is 1. The van der Waals surface area contributed by atoms with E-state index in [1.807, 2.05) is 11.0 Å². The number of aromatic nitrogens is 4. The molecule has 0 unspecified atom stereocenters. The zero-order chi connectivity index (χ0) is 17.7. The second-order valence-electron chi connectivity index (χ2n) is 6.31. The van der Waals surface area contributed by atoms with Crippen molar-refractivity contribution in [3.05, 3.63) is 63.1 Å². The van der Waals surface area contributed by atoms with Crippen LogP contribution < -0.4 is 0 Å². The van der Waals surface area contributed by atoms with E-state index in [0.29, 0.717) is 11.4 Å². The van der Waals surface area contributed by atoms with Crippen molar-refractivity contribution in [2.75, 3.05) is 6.54 Å². The van der Waals surface area contributed by atoms with Gasteiger partial charge in [0.25, 0.3) is 5.91 Å². The Hall–Kier alpha value is -2.58. The van der Waals surface area contributed by atoms with Gasteiger partial charge < -0.3 is 9.88 Å². The number of aryl methyl sites for hydroxylation is 1. The Morgan fingerprint density at radius 3 is 3.15 bits per heavy atom. The van der Waals surface area contributed by atoms with Crippen LogP contribution in [-0.2, 0) is 6.42 Å². The van der Waals surface area contributed by atoms with Crippen LogP contribution in [0, 0.1) is 6.92 Å². The van der Waals surface area contributed by atoms with Crippen molar-refractivity contribution >= 4 is 38.8 Å². The van der Waals surface area contributed by atoms with Crippen LogP contribution in [0.1, 0.15) is 37.7 Å². The molecule has 1 atom stereocenters. The fourth-order valence-corrected chi connectivity index (χ4v) is 5.13. The normalized spacial score (nSPS) is 16.8. The van der Waals surface area contributed by atoms with Crippen molar-refractivity contribution in [3.8, 4) is 0 Å². The summed E-state index contributed by atoms with van der Waals surface area (Å²) in [5, 5.41) is 0.900. The number of nitrogens with zero attached hydrogens (tertiary/aromatic N) is 4. The SMILES string of the molecule is Cc1ccc2nc([C@@H]3c4nc[nH]c4CCN3C(=O)c3cncs3)sc2c1. The van der Waals surface area contributed by atoms with Crippen LogP contribution in [0.2, 0.25) is 0 Å². The molecule has 0 bridgehead atoms. The van der Waals surface area contributed by atoms with Crippen molar-refractivity contribution in [1.29, 1.82) is 0 Å². The number of hydrogen-bond acceptors (Lipinski definition) is 6. The zero-order valence-corrected chi connectivity index (χ0v) is 15.6. The van der Waals surface area contributed by atoms with E-state index in [4.69, 9.17) is 4.98 Å². The molecule has 6 nitrogen and oxygen atoms in total. The van der Waals surface area contributed by atoms with Crippen LogP contribution in [0.3, 0.4) is 0 Å². The van der Waals surface area contributed by atoms with E-state index < -0.39 is 0 Å². The molecule has 130 valence electrons. The molecule has 1 amide bonds. The minimum atomic E-state index is -0.266. The van der Waals surface area contributed by atoms with Gasteiger partial charge >= 0.3 is 0 Å². The molecule has 0 saturated heterocycles. The number of carbonyl (C=O) groups is 1. The highest BCUT2D eigenvalue weighted by Gasteiger charge is 2.37. The zero-order valence-electron chi connectivity index (χ0n) is 14.0. The van der Waals surface area contributed by atoms with E-state index in [-0.39, 0.29) is 11.9 Å². The molecular formula is C18H15N5OS2. The first-order valence-corrected chi connectivity index (χ1v) is 9.99. The summed E-state index contributed by atoms with van der Waals surface area (Å²) in [5.74, 6) is -0.0124. The standard InChI is InChI=1S/C18H15N5OS2/c1-10-2-3-11-13(6-10)26-17(22-11)16-15-12(20-8-21-15)4-5-23(16)18(24)14-7-19-9-25-14/h2-3,6-9,16H,4-5H2,1H3,(H,20,21)/t16-/m0/s1. The number of nitrogens with one attached hydrogen (secondary N) is 1. The van der Waals surface area contributed by atoms with Crippen molar-refractivity contribution in [2.45, 2.75) is 19.4 Å². The number of carbonyl (C=O) groups excluding carboxylic acids is 1. The number of H-pyrrole nitrogens is 1. The van der Waals surface area contributed by atoms with Crippen LogP contribution in [0.15, 0.2) is 36.2 Å². The Kier molecular flexibility index (Phi) is 3.61. The van der Waals surface area contributed by atoms with Gasteiger partial charge in [0.05, 0.1) is 33.9 Å². The van der Waals surface area contributed by atoms with Crippen molar-refractivity contribution in [1.82, 2.24) is 24.8 Å². The first kappa shape index (κ1) is 15.7. The number of amides is 1. The van der Waals surface area contributed by atoms with Gasteiger partial charge in [0.2, 0.25) is 0 Å². The van der Waals surface area contributed by atoms with Gasteiger partial charge in [-0.05, 0) is 24.6 Å². The van der Waals surface area contributed by atoms with Gasteiger partial charge in [0.15, 0.2) is 0 Å². The maximum Gasteiger partial charge on any atom is 0.266 e. The molecule has 0 radical (unpaired) electrons. The number of aromatic amines is 1. The van der Waals surface area contributed by atoms with E-state index in [9.17, 15) is 4.79 Å². The van der Waals surface area contributed by atoms with Crippen molar-refractivity contribution in [2.24, 2.45) is 0 Å². The number of thiazole rings is 2. The molecule has 4 heterocycles. The third-order valence-corrected chi connectivity index (χ3v) is 6.46. The predicted octanol–water partition coefficient (Wildman–Crippen LogP) is 3.57. The maximum atomic E-state index is 13.1. The van der Waals surface area contributed by atoms with E-state index in [1.165, 1.54) is 16.9 Å². The largest absolute Gasteiger partial charge is 0.348 e. The van der Waals surface area contributed by atoms with E-state index in [1.54, 1.807) is 29.4 Å². The first-order chi connectivity index (χ1) is 12.7. The smallest absolute Gasteiger partial charge is 0.266 e. The lowest BCUT2D eigenvalue weighted by molar-refractivity contribution is 0.0695. The van der Waals surface area contributed by atoms with Crippen LogP contribution in [0.4, 0.5) is 0 Å². The summed E-state index contributed by atoms with van der Waals surface area (Å²) in [6.45, 7) is 2.70. The van der Waals surface area contributed by atoms with Gasteiger partial charge in [-0.2, -0.15) is 0 Å². The lowest BCUT2D eigenvalue weighted by Gasteiger charge is -2.33. The van der Waals surface area contributed by atoms with E-state index in [2.05, 4.69) is 34.0 Å². The van der Waals surface area contributed by atoms with Gasteiger partial charge in [-0.1, -0.05) is 6.07 Å². The highest BCUT2D eigenvalue weighted by atomic mass is 32.1. The van der Waals surface area contributed by atoms with Gasteiger partial charge in [-0.15, -0.1) is 22.7 Å². The quantitative estimate of drug-likeness (QED) is 0.576. The molecule has 0 aliphatic carbocycles. The molecule has 0 fully saturated rings. The molecule has 0 spiro atoms.